The molecule has 2 aliphatic rings. The third kappa shape index (κ3) is 0.937. The van der Waals surface area contributed by atoms with Crippen LogP contribution < -0.4 is 0 Å². The highest BCUT2D eigenvalue weighted by Gasteiger charge is 2.18. The summed E-state index contributed by atoms with van der Waals surface area (Å²) in [5, 5.41) is 3.00. The van der Waals surface area contributed by atoms with Gasteiger partial charge >= 0.3 is 0 Å². The van der Waals surface area contributed by atoms with E-state index in [-0.39, 0.29) is 0 Å². The van der Waals surface area contributed by atoms with Gasteiger partial charge < -0.3 is 0 Å². The molecule has 56 valence electrons. The molecule has 0 radical (unpaired) electrons. The van der Waals surface area contributed by atoms with Gasteiger partial charge in [-0.2, -0.15) is 0 Å². The second kappa shape index (κ2) is 2.19. The van der Waals surface area contributed by atoms with Gasteiger partial charge in [-0.1, -0.05) is 14.3 Å². The predicted molar refractivity (Wildman–Crippen MR) is 52.1 cm³/mol. The Balaban J connectivity index is 2.58. The zero-order valence-corrected chi connectivity index (χ0v) is 8.00. The number of fused-ring (bicyclic) bond motifs is 1. The topological polar surface area (TPSA) is 0 Å². The molecule has 1 aliphatic carbocycles. The van der Waals surface area contributed by atoms with Crippen molar-refractivity contribution in [1.82, 2.24) is 0 Å². The van der Waals surface area contributed by atoms with Crippen molar-refractivity contribution < 1.29 is 0 Å². The van der Waals surface area contributed by atoms with Crippen LogP contribution in [0.1, 0.15) is 20.8 Å². The first-order valence-electron chi connectivity index (χ1n) is 3.85. The molecule has 1 heterocycles. The first-order valence-corrected chi connectivity index (χ1v) is 4.75. The predicted octanol–water partition coefficient (Wildman–Crippen LogP) is 3.30. The van der Waals surface area contributed by atoms with Crippen molar-refractivity contribution in [2.75, 3.05) is 0 Å². The number of rotatable bonds is 0. The molecule has 0 aromatic rings. The van der Waals surface area contributed by atoms with Gasteiger partial charge in [-0.05, 0) is 48.9 Å². The summed E-state index contributed by atoms with van der Waals surface area (Å²) in [6.07, 6.45) is 4.58. The average Bonchev–Trinajstić information content (AvgIpc) is 2.38. The Hall–Kier alpha value is -0.610. The molecule has 0 bridgehead atoms. The minimum Gasteiger partial charge on any atom is -0.0643 e. The van der Waals surface area contributed by atoms with E-state index in [2.05, 4.69) is 32.9 Å². The van der Waals surface area contributed by atoms with E-state index in [1.165, 1.54) is 35.5 Å². The Morgan fingerprint density at radius 3 is 2.45 bits per heavy atom. The highest BCUT2D eigenvalue weighted by Crippen LogP contribution is 2.37. The van der Waals surface area contributed by atoms with Gasteiger partial charge in [0.15, 0.2) is 0 Å². The van der Waals surface area contributed by atoms with Gasteiger partial charge in [-0.3, -0.25) is 0 Å². The Labute approximate surface area is 69.1 Å². The van der Waals surface area contributed by atoms with Crippen LogP contribution >= 0.6 is 8.20 Å². The highest BCUT2D eigenvalue weighted by atomic mass is 31.1. The molecule has 0 aromatic heterocycles. The largest absolute Gasteiger partial charge is 0.0643 e. The lowest BCUT2D eigenvalue weighted by molar-refractivity contribution is 1.49. The van der Waals surface area contributed by atoms with E-state index in [9.17, 15) is 0 Å². The second-order valence-electron chi connectivity index (χ2n) is 3.17. The SMILES string of the molecule is CC1=CC2=C(C)C=C(C)C2=P1. The normalized spacial score (nSPS) is 23.0. The third-order valence-corrected chi connectivity index (χ3v) is 3.43. The Morgan fingerprint density at radius 2 is 1.82 bits per heavy atom. The molecule has 0 amide bonds. The van der Waals surface area contributed by atoms with E-state index in [0.29, 0.717) is 0 Å². The van der Waals surface area contributed by atoms with E-state index in [0.717, 1.165) is 0 Å². The second-order valence-corrected chi connectivity index (χ2v) is 4.55. The summed E-state index contributed by atoms with van der Waals surface area (Å²) in [7, 11) is 1.42. The fourth-order valence-corrected chi connectivity index (χ4v) is 2.77. The lowest BCUT2D eigenvalue weighted by atomic mass is 10.1. The van der Waals surface area contributed by atoms with Crippen molar-refractivity contribution in [3.05, 3.63) is 34.2 Å². The minimum absolute atomic E-state index is 1.42. The van der Waals surface area contributed by atoms with Gasteiger partial charge in [-0.15, -0.1) is 0 Å². The lowest BCUT2D eigenvalue weighted by Gasteiger charge is -1.94. The van der Waals surface area contributed by atoms with Crippen LogP contribution in [-0.2, 0) is 0 Å². The van der Waals surface area contributed by atoms with Crippen LogP contribution in [0.15, 0.2) is 34.2 Å². The molecule has 1 aliphatic heterocycles. The molecule has 0 fully saturated rings. The molecule has 1 heteroatoms. The summed E-state index contributed by atoms with van der Waals surface area (Å²) in [6.45, 7) is 6.59. The van der Waals surface area contributed by atoms with E-state index in [1.807, 2.05) is 0 Å². The van der Waals surface area contributed by atoms with Crippen molar-refractivity contribution in [3.63, 3.8) is 0 Å². The minimum atomic E-state index is 1.42. The van der Waals surface area contributed by atoms with Crippen LogP contribution in [0.4, 0.5) is 0 Å². The molecule has 0 nitrogen and oxygen atoms in total. The summed E-state index contributed by atoms with van der Waals surface area (Å²) in [4.78, 5) is 0. The summed E-state index contributed by atoms with van der Waals surface area (Å²) in [5.41, 5.74) is 4.36. The molecule has 0 spiro atoms. The van der Waals surface area contributed by atoms with Crippen LogP contribution in [-0.4, -0.2) is 5.29 Å². The molecular weight excluding hydrogens is 151 g/mol. The van der Waals surface area contributed by atoms with E-state index in [1.54, 1.807) is 0 Å². The zero-order chi connectivity index (χ0) is 8.01. The maximum Gasteiger partial charge on any atom is 0.0125 e. The number of hydrogen-bond donors (Lipinski definition) is 0. The molecular formula is C10H11P. The van der Waals surface area contributed by atoms with Crippen LogP contribution in [0, 0.1) is 0 Å². The maximum absolute atomic E-state index is 2.30. The quantitative estimate of drug-likeness (QED) is 0.479. The summed E-state index contributed by atoms with van der Waals surface area (Å²) in [5.74, 6) is 0. The van der Waals surface area contributed by atoms with E-state index >= 15 is 0 Å². The Kier molecular flexibility index (Phi) is 1.40. The van der Waals surface area contributed by atoms with Crippen molar-refractivity contribution in [3.8, 4) is 0 Å². The maximum atomic E-state index is 2.30. The Morgan fingerprint density at radius 1 is 1.09 bits per heavy atom. The van der Waals surface area contributed by atoms with Gasteiger partial charge in [0.2, 0.25) is 0 Å². The summed E-state index contributed by atoms with van der Waals surface area (Å²) < 4.78 is 0. The number of hydrogen-bond acceptors (Lipinski definition) is 0. The standard InChI is InChI=1S/C10H11P/c1-6-4-7(2)10-9(6)5-8(3)11-10/h4-5H,1-3H3. The van der Waals surface area contributed by atoms with Gasteiger partial charge in [0, 0.05) is 5.29 Å². The highest BCUT2D eigenvalue weighted by molar-refractivity contribution is 7.47. The van der Waals surface area contributed by atoms with Crippen LogP contribution in [0.5, 0.6) is 0 Å². The molecule has 0 aromatic carbocycles. The molecule has 11 heavy (non-hydrogen) atoms. The van der Waals surface area contributed by atoms with Crippen molar-refractivity contribution >= 4 is 13.5 Å². The number of allylic oxidation sites excluding steroid dienone is 6. The monoisotopic (exact) mass is 162 g/mol. The van der Waals surface area contributed by atoms with Crippen LogP contribution in [0.25, 0.3) is 0 Å². The smallest absolute Gasteiger partial charge is 0.0125 e. The third-order valence-electron chi connectivity index (χ3n) is 2.13. The molecule has 0 unspecified atom stereocenters. The molecule has 0 N–H and O–H groups in total. The molecule has 0 atom stereocenters. The van der Waals surface area contributed by atoms with E-state index < -0.39 is 0 Å². The van der Waals surface area contributed by atoms with Gasteiger partial charge in [0.1, 0.15) is 0 Å². The fourth-order valence-electron chi connectivity index (χ4n) is 1.62. The zero-order valence-electron chi connectivity index (χ0n) is 7.10. The first-order chi connectivity index (χ1) is 5.18. The average molecular weight is 162 g/mol. The van der Waals surface area contributed by atoms with Crippen molar-refractivity contribution in [1.29, 1.82) is 0 Å². The van der Waals surface area contributed by atoms with E-state index in [4.69, 9.17) is 0 Å². The lowest BCUT2D eigenvalue weighted by Crippen LogP contribution is -1.90. The van der Waals surface area contributed by atoms with Crippen LogP contribution in [0.3, 0.4) is 0 Å². The van der Waals surface area contributed by atoms with Crippen molar-refractivity contribution in [2.45, 2.75) is 20.8 Å². The first kappa shape index (κ1) is 7.06. The fraction of sp³-hybridized carbons (Fsp3) is 0.300. The van der Waals surface area contributed by atoms with Crippen molar-refractivity contribution in [2.24, 2.45) is 0 Å². The molecule has 0 saturated carbocycles. The van der Waals surface area contributed by atoms with Gasteiger partial charge in [0.25, 0.3) is 0 Å². The van der Waals surface area contributed by atoms with Gasteiger partial charge in [-0.25, -0.2) is 0 Å². The summed E-state index contributed by atoms with van der Waals surface area (Å²) >= 11 is 0. The van der Waals surface area contributed by atoms with Gasteiger partial charge in [0.05, 0.1) is 0 Å². The Bertz CT molecular complexity index is 338. The molecule has 2 rings (SSSR count). The molecule has 0 saturated heterocycles. The van der Waals surface area contributed by atoms with Crippen LogP contribution in [0.2, 0.25) is 0 Å². The summed E-state index contributed by atoms with van der Waals surface area (Å²) in [6, 6.07) is 0.